The second kappa shape index (κ2) is 57.4. The van der Waals surface area contributed by atoms with Crippen molar-refractivity contribution in [3.05, 3.63) is 48.6 Å². The highest BCUT2D eigenvalue weighted by atomic mass is 16.7. The van der Waals surface area contributed by atoms with E-state index in [9.17, 15) is 35.1 Å². The maximum Gasteiger partial charge on any atom is 0.305 e. The van der Waals surface area contributed by atoms with Crippen LogP contribution in [0.15, 0.2) is 48.6 Å². The highest BCUT2D eigenvalue weighted by molar-refractivity contribution is 5.76. The number of rotatable bonds is 58. The molecule has 462 valence electrons. The minimum atomic E-state index is -1.57. The minimum absolute atomic E-state index is 0.00928. The molecule has 7 unspecified atom stereocenters. The van der Waals surface area contributed by atoms with E-state index in [1.165, 1.54) is 212 Å². The Morgan fingerprint density at radius 1 is 0.468 bits per heavy atom. The van der Waals surface area contributed by atoms with Crippen LogP contribution in [0.3, 0.4) is 0 Å². The first-order chi connectivity index (χ1) is 38.7. The number of aliphatic hydroxyl groups excluding tert-OH is 5. The first kappa shape index (κ1) is 74.6. The van der Waals surface area contributed by atoms with Gasteiger partial charge in [0, 0.05) is 12.8 Å². The molecule has 1 amide bonds. The molecule has 1 aliphatic rings. The highest BCUT2D eigenvalue weighted by Gasteiger charge is 2.44. The van der Waals surface area contributed by atoms with Gasteiger partial charge in [-0.25, -0.2) is 0 Å². The average molecular weight is 1120 g/mol. The number of nitrogens with one attached hydrogen (secondary N) is 1. The molecule has 1 heterocycles. The molecule has 79 heavy (non-hydrogen) atoms. The van der Waals surface area contributed by atoms with Crippen LogP contribution in [-0.4, -0.2) is 100 Å². The van der Waals surface area contributed by atoms with E-state index >= 15 is 0 Å². The molecule has 0 aromatic heterocycles. The van der Waals surface area contributed by atoms with Gasteiger partial charge in [-0.2, -0.15) is 0 Å². The van der Waals surface area contributed by atoms with Crippen LogP contribution in [0.2, 0.25) is 0 Å². The molecule has 0 bridgehead atoms. The van der Waals surface area contributed by atoms with Gasteiger partial charge < -0.3 is 45.1 Å². The van der Waals surface area contributed by atoms with Gasteiger partial charge in [-0.3, -0.25) is 9.59 Å². The van der Waals surface area contributed by atoms with Gasteiger partial charge in [0.25, 0.3) is 0 Å². The summed E-state index contributed by atoms with van der Waals surface area (Å²) >= 11 is 0. The largest absolute Gasteiger partial charge is 0.466 e. The standard InChI is InChI=1S/C68H125NO10/c1-3-5-7-9-11-13-15-34-38-42-46-50-54-61(71)60(59-78-68-67(76)66(75)65(74)62(58-70)79-68)69-63(72)55-51-47-43-39-35-32-30-28-26-24-22-20-18-17-19-21-23-25-27-29-31-33-37-41-45-49-53-57-77-64(73)56-52-48-44-40-36-16-14-12-10-8-6-4-2/h12,14,17-18,21,23,50,54,60-62,65-68,70-71,74-76H,3-11,13,15-16,19-20,22,24-49,51-53,55-59H2,1-2H3,(H,69,72)/b14-12-,18-17-,23-21-,54-50+. The lowest BCUT2D eigenvalue weighted by Gasteiger charge is -2.40. The predicted octanol–water partition coefficient (Wildman–Crippen LogP) is 16.4. The topological polar surface area (TPSA) is 175 Å². The highest BCUT2D eigenvalue weighted by Crippen LogP contribution is 2.23. The van der Waals surface area contributed by atoms with E-state index in [2.05, 4.69) is 55.6 Å². The zero-order valence-electron chi connectivity index (χ0n) is 51.1. The SMILES string of the molecule is CCCCC/C=C\CCCCCCCC(=O)OCCCCCCCCCCC/C=C\C/C=C\CCCCCCCCCCCCCC(=O)NC(COC1OC(CO)C(O)C(O)C1O)C(O)/C=C/CCCCCCCCCCCC. The van der Waals surface area contributed by atoms with Crippen molar-refractivity contribution in [2.45, 2.75) is 352 Å². The van der Waals surface area contributed by atoms with E-state index in [-0.39, 0.29) is 18.5 Å². The van der Waals surface area contributed by atoms with Crippen molar-refractivity contribution in [1.82, 2.24) is 5.32 Å². The summed E-state index contributed by atoms with van der Waals surface area (Å²) in [6, 6.07) is -0.813. The average Bonchev–Trinajstić information content (AvgIpc) is 3.46. The second-order valence-corrected chi connectivity index (χ2v) is 23.2. The number of esters is 1. The molecule has 11 heteroatoms. The molecular weight excluding hydrogens is 991 g/mol. The molecular formula is C68H125NO10. The summed E-state index contributed by atoms with van der Waals surface area (Å²) in [5, 5.41) is 54.4. The maximum atomic E-state index is 13.0. The first-order valence-corrected chi connectivity index (χ1v) is 33.4. The van der Waals surface area contributed by atoms with Gasteiger partial charge in [0.2, 0.25) is 5.91 Å². The van der Waals surface area contributed by atoms with Crippen LogP contribution in [0.25, 0.3) is 0 Å². The number of amides is 1. The van der Waals surface area contributed by atoms with Crippen molar-refractivity contribution in [3.8, 4) is 0 Å². The van der Waals surface area contributed by atoms with Crippen LogP contribution >= 0.6 is 0 Å². The van der Waals surface area contributed by atoms with Gasteiger partial charge >= 0.3 is 5.97 Å². The molecule has 0 spiro atoms. The van der Waals surface area contributed by atoms with Gasteiger partial charge in [-0.1, -0.05) is 255 Å². The molecule has 0 aliphatic carbocycles. The summed E-state index contributed by atoms with van der Waals surface area (Å²) < 4.78 is 16.7. The molecule has 0 saturated carbocycles. The van der Waals surface area contributed by atoms with Gasteiger partial charge in [0.15, 0.2) is 6.29 Å². The molecule has 1 saturated heterocycles. The third-order valence-corrected chi connectivity index (χ3v) is 15.7. The van der Waals surface area contributed by atoms with Crippen molar-refractivity contribution >= 4 is 11.9 Å². The number of hydrogen-bond donors (Lipinski definition) is 6. The summed E-state index contributed by atoms with van der Waals surface area (Å²) in [7, 11) is 0. The monoisotopic (exact) mass is 1120 g/mol. The lowest BCUT2D eigenvalue weighted by atomic mass is 9.99. The molecule has 7 atom stereocenters. The van der Waals surface area contributed by atoms with Crippen LogP contribution in [0.1, 0.15) is 309 Å². The summed E-state index contributed by atoms with van der Waals surface area (Å²) in [5.74, 6) is -0.194. The fourth-order valence-corrected chi connectivity index (χ4v) is 10.3. The quantitative estimate of drug-likeness (QED) is 0.0195. The molecule has 1 aliphatic heterocycles. The lowest BCUT2D eigenvalue weighted by molar-refractivity contribution is -0.302. The number of unbranched alkanes of at least 4 members (excludes halogenated alkanes) is 38. The van der Waals surface area contributed by atoms with Gasteiger partial charge in [-0.15, -0.1) is 0 Å². The van der Waals surface area contributed by atoms with Crippen LogP contribution in [-0.2, 0) is 23.8 Å². The molecule has 0 aromatic carbocycles. The minimum Gasteiger partial charge on any atom is -0.466 e. The fourth-order valence-electron chi connectivity index (χ4n) is 10.3. The van der Waals surface area contributed by atoms with E-state index in [1.54, 1.807) is 6.08 Å². The van der Waals surface area contributed by atoms with Gasteiger partial charge in [0.1, 0.15) is 24.4 Å². The molecule has 11 nitrogen and oxygen atoms in total. The number of ether oxygens (including phenoxy) is 3. The summed E-state index contributed by atoms with van der Waals surface area (Å²) in [6.45, 7) is 4.32. The summed E-state index contributed by atoms with van der Waals surface area (Å²) in [4.78, 5) is 25.1. The number of carbonyl (C=O) groups is 2. The number of aliphatic hydroxyl groups is 5. The third-order valence-electron chi connectivity index (χ3n) is 15.7. The van der Waals surface area contributed by atoms with Crippen molar-refractivity contribution in [2.24, 2.45) is 0 Å². The van der Waals surface area contributed by atoms with Crippen molar-refractivity contribution in [2.75, 3.05) is 19.8 Å². The zero-order valence-corrected chi connectivity index (χ0v) is 51.1. The van der Waals surface area contributed by atoms with E-state index in [0.29, 0.717) is 19.4 Å². The molecule has 1 rings (SSSR count). The second-order valence-electron chi connectivity index (χ2n) is 23.2. The van der Waals surface area contributed by atoms with Crippen LogP contribution in [0.5, 0.6) is 0 Å². The Balaban J connectivity index is 2.02. The van der Waals surface area contributed by atoms with Crippen LogP contribution in [0, 0.1) is 0 Å². The number of carbonyl (C=O) groups excluding carboxylic acids is 2. The normalized spacial score (nSPS) is 18.7. The predicted molar refractivity (Wildman–Crippen MR) is 329 cm³/mol. The Kier molecular flexibility index (Phi) is 54.3. The molecule has 6 N–H and O–H groups in total. The smallest absolute Gasteiger partial charge is 0.305 e. The fraction of sp³-hybridized carbons (Fsp3) is 0.853. The summed E-state index contributed by atoms with van der Waals surface area (Å²) in [5.41, 5.74) is 0. The van der Waals surface area contributed by atoms with E-state index in [4.69, 9.17) is 14.2 Å². The first-order valence-electron chi connectivity index (χ1n) is 33.4. The van der Waals surface area contributed by atoms with Crippen molar-refractivity contribution in [3.63, 3.8) is 0 Å². The number of hydrogen-bond acceptors (Lipinski definition) is 10. The maximum absolute atomic E-state index is 13.0. The molecule has 1 fully saturated rings. The Bertz CT molecular complexity index is 1450. The molecule has 0 aromatic rings. The third kappa shape index (κ3) is 46.8. The van der Waals surface area contributed by atoms with Gasteiger partial charge in [0.05, 0.1) is 32.0 Å². The summed E-state index contributed by atoms with van der Waals surface area (Å²) in [6.07, 6.45) is 63.7. The zero-order chi connectivity index (χ0) is 57.3. The van der Waals surface area contributed by atoms with E-state index in [0.717, 1.165) is 70.6 Å². The van der Waals surface area contributed by atoms with Crippen molar-refractivity contribution < 1.29 is 49.3 Å². The Morgan fingerprint density at radius 3 is 1.32 bits per heavy atom. The molecule has 0 radical (unpaired) electrons. The Morgan fingerprint density at radius 2 is 0.848 bits per heavy atom. The van der Waals surface area contributed by atoms with Crippen molar-refractivity contribution in [1.29, 1.82) is 0 Å². The Hall–Kier alpha value is -2.38. The van der Waals surface area contributed by atoms with E-state index < -0.39 is 49.5 Å². The van der Waals surface area contributed by atoms with Crippen LogP contribution in [0.4, 0.5) is 0 Å². The van der Waals surface area contributed by atoms with E-state index in [1.807, 2.05) is 6.08 Å². The lowest BCUT2D eigenvalue weighted by Crippen LogP contribution is -2.60. The number of allylic oxidation sites excluding steroid dienone is 7. The van der Waals surface area contributed by atoms with Crippen LogP contribution < -0.4 is 5.32 Å². The van der Waals surface area contributed by atoms with Gasteiger partial charge in [-0.05, 0) is 89.9 Å². The Labute approximate surface area is 485 Å².